The van der Waals surface area contributed by atoms with E-state index in [2.05, 4.69) is 29.9 Å². The molecule has 0 atom stereocenters. The Morgan fingerprint density at radius 2 is 1.83 bits per heavy atom. The topological polar surface area (TPSA) is 72.9 Å². The van der Waals surface area contributed by atoms with Crippen molar-refractivity contribution in [1.29, 1.82) is 0 Å². The van der Waals surface area contributed by atoms with Crippen molar-refractivity contribution in [2.45, 2.75) is 61.4 Å². The largest absolute Gasteiger partial charge is 0.424 e. The predicted octanol–water partition coefficient (Wildman–Crippen LogP) is 2.77. The van der Waals surface area contributed by atoms with E-state index < -0.39 is 0 Å². The van der Waals surface area contributed by atoms with E-state index in [1.165, 1.54) is 38.5 Å². The third kappa shape index (κ3) is 2.73. The van der Waals surface area contributed by atoms with Crippen molar-refractivity contribution in [2.24, 2.45) is 0 Å². The first-order valence-corrected chi connectivity index (χ1v) is 9.52. The standard InChI is InChI=1S/C15H20N6OS/c1-2-8-20(7-1)14-18-19-15(21(14)11-5-6-11)23-9-12-16-17-13(22-12)10-3-4-10/h10-11H,1-9H2. The van der Waals surface area contributed by atoms with E-state index in [4.69, 9.17) is 4.42 Å². The molecule has 3 aliphatic rings. The molecule has 2 aliphatic carbocycles. The van der Waals surface area contributed by atoms with Gasteiger partial charge in [-0.3, -0.25) is 4.57 Å². The second-order valence-electron chi connectivity index (χ2n) is 6.67. The number of rotatable bonds is 6. The molecule has 7 nitrogen and oxygen atoms in total. The van der Waals surface area contributed by atoms with Gasteiger partial charge in [0.25, 0.3) is 0 Å². The van der Waals surface area contributed by atoms with E-state index in [1.54, 1.807) is 11.8 Å². The molecule has 3 heterocycles. The first-order chi connectivity index (χ1) is 11.4. The Bertz CT molecular complexity index is 699. The van der Waals surface area contributed by atoms with Crippen LogP contribution in [0.4, 0.5) is 5.95 Å². The molecule has 0 N–H and O–H groups in total. The second kappa shape index (κ2) is 5.51. The van der Waals surface area contributed by atoms with Gasteiger partial charge in [-0.15, -0.1) is 20.4 Å². The number of hydrogen-bond donors (Lipinski definition) is 0. The Labute approximate surface area is 138 Å². The van der Waals surface area contributed by atoms with Gasteiger partial charge in [0, 0.05) is 25.0 Å². The highest BCUT2D eigenvalue weighted by Gasteiger charge is 2.33. The van der Waals surface area contributed by atoms with Crippen molar-refractivity contribution in [1.82, 2.24) is 25.0 Å². The van der Waals surface area contributed by atoms with Gasteiger partial charge in [0.05, 0.1) is 5.75 Å². The van der Waals surface area contributed by atoms with E-state index in [1.807, 2.05) is 0 Å². The normalized spacial score (nSPS) is 21.3. The van der Waals surface area contributed by atoms with Crippen molar-refractivity contribution in [3.63, 3.8) is 0 Å². The van der Waals surface area contributed by atoms with Gasteiger partial charge in [0.2, 0.25) is 17.7 Å². The summed E-state index contributed by atoms with van der Waals surface area (Å²) in [4.78, 5) is 2.37. The quantitative estimate of drug-likeness (QED) is 0.753. The summed E-state index contributed by atoms with van der Waals surface area (Å²) in [5.41, 5.74) is 0. The second-order valence-corrected chi connectivity index (χ2v) is 7.62. The van der Waals surface area contributed by atoms with Crippen LogP contribution in [0.25, 0.3) is 0 Å². The van der Waals surface area contributed by atoms with Crippen LogP contribution in [-0.4, -0.2) is 38.1 Å². The molecule has 23 heavy (non-hydrogen) atoms. The van der Waals surface area contributed by atoms with Crippen molar-refractivity contribution in [2.75, 3.05) is 18.0 Å². The van der Waals surface area contributed by atoms with E-state index >= 15 is 0 Å². The molecular weight excluding hydrogens is 312 g/mol. The van der Waals surface area contributed by atoms with Crippen LogP contribution in [0.5, 0.6) is 0 Å². The van der Waals surface area contributed by atoms with Crippen molar-refractivity contribution >= 4 is 17.7 Å². The van der Waals surface area contributed by atoms with Crippen molar-refractivity contribution < 1.29 is 4.42 Å². The third-order valence-corrected chi connectivity index (χ3v) is 5.61. The van der Waals surface area contributed by atoms with E-state index in [9.17, 15) is 0 Å². The molecule has 0 bridgehead atoms. The Hall–Kier alpha value is -1.57. The summed E-state index contributed by atoms with van der Waals surface area (Å²) >= 11 is 1.66. The van der Waals surface area contributed by atoms with Crippen LogP contribution >= 0.6 is 11.8 Å². The lowest BCUT2D eigenvalue weighted by molar-refractivity contribution is 0.466. The minimum absolute atomic E-state index is 0.512. The molecule has 0 spiro atoms. The molecule has 5 rings (SSSR count). The van der Waals surface area contributed by atoms with Crippen LogP contribution in [-0.2, 0) is 5.75 Å². The van der Waals surface area contributed by atoms with Gasteiger partial charge >= 0.3 is 0 Å². The fraction of sp³-hybridized carbons (Fsp3) is 0.733. The Kier molecular flexibility index (Phi) is 3.31. The van der Waals surface area contributed by atoms with Crippen molar-refractivity contribution in [3.05, 3.63) is 11.8 Å². The van der Waals surface area contributed by atoms with Gasteiger partial charge < -0.3 is 9.32 Å². The van der Waals surface area contributed by atoms with Gasteiger partial charge in [-0.25, -0.2) is 0 Å². The highest BCUT2D eigenvalue weighted by Crippen LogP contribution is 2.42. The molecule has 0 unspecified atom stereocenters. The van der Waals surface area contributed by atoms with Gasteiger partial charge in [-0.05, 0) is 38.5 Å². The van der Waals surface area contributed by atoms with E-state index in [0.717, 1.165) is 30.1 Å². The summed E-state index contributed by atoms with van der Waals surface area (Å²) in [6, 6.07) is 0.577. The van der Waals surface area contributed by atoms with Gasteiger partial charge in [-0.2, -0.15) is 0 Å². The van der Waals surface area contributed by atoms with Gasteiger partial charge in [0.1, 0.15) is 0 Å². The lowest BCUT2D eigenvalue weighted by Crippen LogP contribution is -2.22. The molecule has 0 aromatic carbocycles. The molecule has 1 aliphatic heterocycles. The van der Waals surface area contributed by atoms with Crippen LogP contribution in [0.1, 0.15) is 62.3 Å². The number of anilines is 1. The smallest absolute Gasteiger partial charge is 0.228 e. The molecular formula is C15H20N6OS. The summed E-state index contributed by atoms with van der Waals surface area (Å²) in [6.45, 7) is 2.20. The van der Waals surface area contributed by atoms with Crippen LogP contribution in [0, 0.1) is 0 Å². The highest BCUT2D eigenvalue weighted by atomic mass is 32.2. The number of thioether (sulfide) groups is 1. The average Bonchev–Trinajstić information content (AvgIpc) is 3.44. The molecule has 2 saturated carbocycles. The number of hydrogen-bond acceptors (Lipinski definition) is 7. The average molecular weight is 332 g/mol. The summed E-state index contributed by atoms with van der Waals surface area (Å²) < 4.78 is 8.07. The lowest BCUT2D eigenvalue weighted by atomic mass is 10.4. The van der Waals surface area contributed by atoms with Crippen LogP contribution < -0.4 is 4.90 Å². The molecule has 0 amide bonds. The van der Waals surface area contributed by atoms with Crippen LogP contribution in [0.3, 0.4) is 0 Å². The molecule has 2 aromatic heterocycles. The maximum absolute atomic E-state index is 5.74. The van der Waals surface area contributed by atoms with E-state index in [0.29, 0.717) is 23.6 Å². The fourth-order valence-corrected chi connectivity index (χ4v) is 3.94. The predicted molar refractivity (Wildman–Crippen MR) is 85.6 cm³/mol. The Morgan fingerprint density at radius 1 is 1.00 bits per heavy atom. The highest BCUT2D eigenvalue weighted by molar-refractivity contribution is 7.98. The summed E-state index contributed by atoms with van der Waals surface area (Å²) in [5.74, 6) is 3.74. The molecule has 0 radical (unpaired) electrons. The van der Waals surface area contributed by atoms with Crippen LogP contribution in [0.2, 0.25) is 0 Å². The summed E-state index contributed by atoms with van der Waals surface area (Å²) in [7, 11) is 0. The first kappa shape index (κ1) is 13.8. The Balaban J connectivity index is 1.33. The summed E-state index contributed by atoms with van der Waals surface area (Å²) in [5, 5.41) is 18.2. The Morgan fingerprint density at radius 3 is 2.57 bits per heavy atom. The molecule has 1 saturated heterocycles. The monoisotopic (exact) mass is 332 g/mol. The fourth-order valence-electron chi connectivity index (χ4n) is 3.10. The molecule has 2 aromatic rings. The maximum atomic E-state index is 5.74. The zero-order valence-electron chi connectivity index (χ0n) is 13.0. The molecule has 122 valence electrons. The SMILES string of the molecule is C1CCN(c2nnc(SCc3nnc(C4CC4)o3)n2C2CC2)C1. The third-order valence-electron chi connectivity index (χ3n) is 4.68. The summed E-state index contributed by atoms with van der Waals surface area (Å²) in [6.07, 6.45) is 7.35. The maximum Gasteiger partial charge on any atom is 0.228 e. The van der Waals surface area contributed by atoms with Crippen molar-refractivity contribution in [3.8, 4) is 0 Å². The first-order valence-electron chi connectivity index (χ1n) is 8.53. The number of aromatic nitrogens is 5. The molecule has 3 fully saturated rings. The van der Waals surface area contributed by atoms with E-state index in [-0.39, 0.29) is 0 Å². The number of nitrogens with zero attached hydrogens (tertiary/aromatic N) is 6. The zero-order valence-corrected chi connectivity index (χ0v) is 13.8. The van der Waals surface area contributed by atoms with Crippen LogP contribution in [0.15, 0.2) is 9.57 Å². The molecule has 8 heteroatoms. The minimum atomic E-state index is 0.512. The lowest BCUT2D eigenvalue weighted by Gasteiger charge is -2.17. The zero-order chi connectivity index (χ0) is 15.2. The van der Waals surface area contributed by atoms with Gasteiger partial charge in [0.15, 0.2) is 5.16 Å². The minimum Gasteiger partial charge on any atom is -0.424 e. The van der Waals surface area contributed by atoms with Gasteiger partial charge in [-0.1, -0.05) is 11.8 Å².